The number of hydrogen-bond donors (Lipinski definition) is 1. The highest BCUT2D eigenvalue weighted by atomic mass is 32.1. The van der Waals surface area contributed by atoms with Crippen molar-refractivity contribution in [2.75, 3.05) is 25.6 Å². The molecule has 5 rings (SSSR count). The highest BCUT2D eigenvalue weighted by molar-refractivity contribution is 7.07. The lowest BCUT2D eigenvalue weighted by Crippen LogP contribution is -2.40. The molecule has 9 heteroatoms. The summed E-state index contributed by atoms with van der Waals surface area (Å²) in [7, 11) is 1.59. The van der Waals surface area contributed by atoms with Crippen molar-refractivity contribution in [1.29, 1.82) is 0 Å². The van der Waals surface area contributed by atoms with Gasteiger partial charge in [-0.2, -0.15) is 0 Å². The van der Waals surface area contributed by atoms with E-state index in [9.17, 15) is 9.59 Å². The number of fused-ring (bicyclic) bond motifs is 1. The SMILES string of the molecule is CCOc1ccc([C@H]2C(C(=O)Nc3ccccc3)=C(C)N=c3s/c(=C\c4ccc(OC)c(OCC)c4)c(=O)n32)cc1. The molecule has 0 fully saturated rings. The third-order valence-electron chi connectivity index (χ3n) is 6.59. The molecule has 0 spiro atoms. The van der Waals surface area contributed by atoms with Crippen LogP contribution >= 0.6 is 11.3 Å². The number of allylic oxidation sites excluding steroid dienone is 1. The van der Waals surface area contributed by atoms with Crippen LogP contribution in [-0.4, -0.2) is 30.8 Å². The maximum absolute atomic E-state index is 14.0. The molecule has 2 heterocycles. The van der Waals surface area contributed by atoms with Crippen molar-refractivity contribution < 1.29 is 19.0 Å². The lowest BCUT2D eigenvalue weighted by atomic mass is 9.95. The monoisotopic (exact) mass is 569 g/mol. The second kappa shape index (κ2) is 12.3. The second-order valence-electron chi connectivity index (χ2n) is 9.25. The van der Waals surface area contributed by atoms with Crippen molar-refractivity contribution >= 4 is 29.0 Å². The standard InChI is InChI=1S/C32H31N3O5S/c1-5-39-24-15-13-22(14-16-24)29-28(30(36)34-23-10-8-7-9-11-23)20(3)33-32-35(29)31(37)27(41-32)19-21-12-17-25(38-4)26(18-21)40-6-2/h7-19,29H,5-6H2,1-4H3,(H,34,36)/b27-19-/t29-/m0/s1. The summed E-state index contributed by atoms with van der Waals surface area (Å²) >= 11 is 1.28. The average Bonchev–Trinajstić information content (AvgIpc) is 3.27. The van der Waals surface area contributed by atoms with Gasteiger partial charge in [0.15, 0.2) is 16.3 Å². The Morgan fingerprint density at radius 2 is 1.73 bits per heavy atom. The van der Waals surface area contributed by atoms with Crippen molar-refractivity contribution in [3.63, 3.8) is 0 Å². The molecule has 0 radical (unpaired) electrons. The van der Waals surface area contributed by atoms with E-state index < -0.39 is 6.04 Å². The molecule has 41 heavy (non-hydrogen) atoms. The zero-order chi connectivity index (χ0) is 28.9. The van der Waals surface area contributed by atoms with Crippen molar-refractivity contribution in [2.24, 2.45) is 4.99 Å². The summed E-state index contributed by atoms with van der Waals surface area (Å²) in [4.78, 5) is 32.9. The van der Waals surface area contributed by atoms with Gasteiger partial charge >= 0.3 is 0 Å². The van der Waals surface area contributed by atoms with Crippen molar-refractivity contribution in [3.05, 3.63) is 115 Å². The fourth-order valence-electron chi connectivity index (χ4n) is 4.76. The Morgan fingerprint density at radius 3 is 2.41 bits per heavy atom. The van der Waals surface area contributed by atoms with Gasteiger partial charge in [-0.3, -0.25) is 14.2 Å². The molecule has 8 nitrogen and oxygen atoms in total. The predicted molar refractivity (Wildman–Crippen MR) is 161 cm³/mol. The molecule has 1 aromatic heterocycles. The van der Waals surface area contributed by atoms with Gasteiger partial charge in [-0.05, 0) is 74.4 Å². The van der Waals surface area contributed by atoms with Crippen LogP contribution < -0.4 is 34.4 Å². The molecule has 1 aliphatic rings. The zero-order valence-electron chi connectivity index (χ0n) is 23.3. The van der Waals surface area contributed by atoms with Crippen LogP contribution in [0.5, 0.6) is 17.2 Å². The number of carbonyl (C=O) groups is 1. The highest BCUT2D eigenvalue weighted by Crippen LogP contribution is 2.32. The highest BCUT2D eigenvalue weighted by Gasteiger charge is 2.32. The minimum absolute atomic E-state index is 0.237. The summed E-state index contributed by atoms with van der Waals surface area (Å²) < 4.78 is 18.8. The van der Waals surface area contributed by atoms with Crippen LogP contribution in [0.25, 0.3) is 6.08 Å². The van der Waals surface area contributed by atoms with E-state index in [1.807, 2.05) is 92.7 Å². The number of thiazole rings is 1. The van der Waals surface area contributed by atoms with E-state index in [1.54, 1.807) is 18.6 Å². The minimum atomic E-state index is -0.678. The number of nitrogens with zero attached hydrogens (tertiary/aromatic N) is 2. The molecule has 1 amide bonds. The second-order valence-corrected chi connectivity index (χ2v) is 10.3. The number of benzene rings is 3. The lowest BCUT2D eigenvalue weighted by molar-refractivity contribution is -0.113. The van der Waals surface area contributed by atoms with Crippen LogP contribution in [0.15, 0.2) is 93.9 Å². The summed E-state index contributed by atoms with van der Waals surface area (Å²) in [5.41, 5.74) is 2.93. The molecule has 210 valence electrons. The van der Waals surface area contributed by atoms with E-state index >= 15 is 0 Å². The van der Waals surface area contributed by atoms with E-state index in [0.717, 1.165) is 11.1 Å². The van der Waals surface area contributed by atoms with Gasteiger partial charge in [0.05, 0.1) is 42.2 Å². The first-order valence-corrected chi connectivity index (χ1v) is 14.2. The van der Waals surface area contributed by atoms with Gasteiger partial charge in [-0.25, -0.2) is 4.99 Å². The van der Waals surface area contributed by atoms with E-state index in [0.29, 0.717) is 56.8 Å². The van der Waals surface area contributed by atoms with Gasteiger partial charge < -0.3 is 19.5 Å². The smallest absolute Gasteiger partial charge is 0.271 e. The van der Waals surface area contributed by atoms with Gasteiger partial charge in [0.25, 0.3) is 11.5 Å². The van der Waals surface area contributed by atoms with Gasteiger partial charge in [0, 0.05) is 5.69 Å². The molecule has 3 aromatic carbocycles. The number of anilines is 1. The fourth-order valence-corrected chi connectivity index (χ4v) is 5.81. The van der Waals surface area contributed by atoms with Crippen LogP contribution in [0.3, 0.4) is 0 Å². The van der Waals surface area contributed by atoms with Crippen molar-refractivity contribution in [1.82, 2.24) is 4.57 Å². The number of nitrogens with one attached hydrogen (secondary N) is 1. The third-order valence-corrected chi connectivity index (χ3v) is 7.57. The Kier molecular flexibility index (Phi) is 8.35. The Bertz CT molecular complexity index is 1770. The molecule has 0 bridgehead atoms. The van der Waals surface area contributed by atoms with Gasteiger partial charge in [0.1, 0.15) is 5.75 Å². The quantitative estimate of drug-likeness (QED) is 0.316. The largest absolute Gasteiger partial charge is 0.494 e. The van der Waals surface area contributed by atoms with E-state index in [2.05, 4.69) is 5.32 Å². The molecular formula is C32H31N3O5S. The van der Waals surface area contributed by atoms with Crippen LogP contribution in [0.1, 0.15) is 37.9 Å². The number of rotatable bonds is 9. The van der Waals surface area contributed by atoms with Crippen LogP contribution in [-0.2, 0) is 4.79 Å². The molecule has 4 aromatic rings. The number of methoxy groups -OCH3 is 1. The van der Waals surface area contributed by atoms with Crippen molar-refractivity contribution in [3.8, 4) is 17.2 Å². The number of hydrogen-bond acceptors (Lipinski definition) is 7. The number of ether oxygens (including phenoxy) is 3. The summed E-state index contributed by atoms with van der Waals surface area (Å²) in [6.07, 6.45) is 1.81. The van der Waals surface area contributed by atoms with Crippen LogP contribution in [0.2, 0.25) is 0 Å². The summed E-state index contributed by atoms with van der Waals surface area (Å²) in [5, 5.41) is 2.97. The summed E-state index contributed by atoms with van der Waals surface area (Å²) in [6.45, 7) is 6.64. The van der Waals surface area contributed by atoms with Gasteiger partial charge in [-0.1, -0.05) is 47.7 Å². The molecule has 0 aliphatic carbocycles. The molecule has 1 atom stereocenters. The third kappa shape index (κ3) is 5.81. The first kappa shape index (κ1) is 27.9. The van der Waals surface area contributed by atoms with Gasteiger partial charge in [-0.15, -0.1) is 0 Å². The molecule has 0 unspecified atom stereocenters. The fraction of sp³-hybridized carbons (Fsp3) is 0.219. The van der Waals surface area contributed by atoms with Crippen LogP contribution in [0, 0.1) is 0 Å². The Labute approximate surface area is 241 Å². The summed E-state index contributed by atoms with van der Waals surface area (Å²) in [6, 6.07) is 21.6. The van der Waals surface area contributed by atoms with E-state index in [1.165, 1.54) is 11.3 Å². The van der Waals surface area contributed by atoms with Crippen molar-refractivity contribution in [2.45, 2.75) is 26.8 Å². The molecule has 1 N–H and O–H groups in total. The topological polar surface area (TPSA) is 91.2 Å². The normalized spacial score (nSPS) is 14.7. The number of aromatic nitrogens is 1. The van der Waals surface area contributed by atoms with E-state index in [-0.39, 0.29) is 11.5 Å². The number of para-hydroxylation sites is 1. The summed E-state index contributed by atoms with van der Waals surface area (Å²) in [5.74, 6) is 1.61. The molecule has 0 saturated carbocycles. The van der Waals surface area contributed by atoms with E-state index in [4.69, 9.17) is 19.2 Å². The molecular weight excluding hydrogens is 538 g/mol. The average molecular weight is 570 g/mol. The maximum atomic E-state index is 14.0. The first-order chi connectivity index (χ1) is 19.9. The molecule has 0 saturated heterocycles. The number of carbonyl (C=O) groups excluding carboxylic acids is 1. The van der Waals surface area contributed by atoms with Gasteiger partial charge in [0.2, 0.25) is 0 Å². The number of amides is 1. The Balaban J connectivity index is 1.64. The van der Waals surface area contributed by atoms with Crippen LogP contribution in [0.4, 0.5) is 5.69 Å². The zero-order valence-corrected chi connectivity index (χ0v) is 24.2. The Morgan fingerprint density at radius 1 is 1.00 bits per heavy atom. The predicted octanol–water partition coefficient (Wildman–Crippen LogP) is 4.68. The molecule has 1 aliphatic heterocycles. The minimum Gasteiger partial charge on any atom is -0.494 e. The first-order valence-electron chi connectivity index (χ1n) is 13.4. The maximum Gasteiger partial charge on any atom is 0.271 e. The Hall–Kier alpha value is -4.63. The lowest BCUT2D eigenvalue weighted by Gasteiger charge is -2.25.